The summed E-state index contributed by atoms with van der Waals surface area (Å²) in [7, 11) is 0. The van der Waals surface area contributed by atoms with Gasteiger partial charge in [-0.2, -0.15) is 0 Å². The van der Waals surface area contributed by atoms with Crippen molar-refractivity contribution in [3.63, 3.8) is 0 Å². The molecule has 1 saturated carbocycles. The van der Waals surface area contributed by atoms with Gasteiger partial charge < -0.3 is 0 Å². The summed E-state index contributed by atoms with van der Waals surface area (Å²) >= 11 is -0.860. The van der Waals surface area contributed by atoms with E-state index in [2.05, 4.69) is 0 Å². The van der Waals surface area contributed by atoms with Gasteiger partial charge in [0.2, 0.25) is 0 Å². The van der Waals surface area contributed by atoms with Gasteiger partial charge in [-0.15, -0.1) is 0 Å². The Hall–Kier alpha value is 0.759. The number of hydrogen-bond donors (Lipinski definition) is 1. The molecule has 1 aliphatic rings. The van der Waals surface area contributed by atoms with Gasteiger partial charge in [-0.25, -0.2) is 0 Å². The predicted octanol–water partition coefficient (Wildman–Crippen LogP) is 1.60. The van der Waals surface area contributed by atoms with Gasteiger partial charge in [0.15, 0.2) is 0 Å². The quantitative estimate of drug-likeness (QED) is 0.718. The Morgan fingerprint density at radius 3 is 2.44 bits per heavy atom. The predicted molar refractivity (Wildman–Crippen MR) is 39.4 cm³/mol. The Bertz CT molecular complexity index is 66.6. The van der Waals surface area contributed by atoms with Crippen LogP contribution in [0.4, 0.5) is 0 Å². The SMILES string of the molecule is [OH][Sn][CH2]C1CCCCC1. The summed E-state index contributed by atoms with van der Waals surface area (Å²) in [6, 6.07) is 0. The van der Waals surface area contributed by atoms with E-state index in [4.69, 9.17) is 3.44 Å². The van der Waals surface area contributed by atoms with E-state index in [1.54, 1.807) is 0 Å². The molecule has 0 atom stereocenters. The number of hydrogen-bond acceptors (Lipinski definition) is 1. The molecule has 1 N–H and O–H groups in total. The van der Waals surface area contributed by atoms with Crippen LogP contribution in [-0.2, 0) is 0 Å². The molecule has 0 spiro atoms. The zero-order chi connectivity index (χ0) is 6.53. The van der Waals surface area contributed by atoms with Crippen LogP contribution in [0.5, 0.6) is 0 Å². The van der Waals surface area contributed by atoms with Crippen LogP contribution in [0.15, 0.2) is 0 Å². The maximum absolute atomic E-state index is 8.79. The van der Waals surface area contributed by atoms with Gasteiger partial charge in [-0.05, 0) is 0 Å². The molecule has 0 aromatic heterocycles. The molecule has 1 fully saturated rings. The molecule has 9 heavy (non-hydrogen) atoms. The van der Waals surface area contributed by atoms with Crippen LogP contribution in [0, 0.1) is 5.92 Å². The second-order valence-electron chi connectivity index (χ2n) is 2.87. The molecule has 0 bridgehead atoms. The molecule has 0 aliphatic heterocycles. The first-order chi connectivity index (χ1) is 4.43. The molecular weight excluding hydrogens is 219 g/mol. The Kier molecular flexibility index (Phi) is 3.98. The molecule has 0 saturated heterocycles. The zero-order valence-corrected chi connectivity index (χ0v) is 8.62. The first kappa shape index (κ1) is 7.86. The van der Waals surface area contributed by atoms with Crippen LogP contribution in [0.2, 0.25) is 4.44 Å². The minimum absolute atomic E-state index is 0.860. The van der Waals surface area contributed by atoms with Crippen molar-refractivity contribution >= 4 is 21.6 Å². The Morgan fingerprint density at radius 1 is 1.22 bits per heavy atom. The van der Waals surface area contributed by atoms with Gasteiger partial charge in [0.1, 0.15) is 0 Å². The monoisotopic (exact) mass is 234 g/mol. The van der Waals surface area contributed by atoms with E-state index >= 15 is 0 Å². The van der Waals surface area contributed by atoms with E-state index < -0.39 is 21.6 Å². The Balaban J connectivity index is 2.08. The summed E-state index contributed by atoms with van der Waals surface area (Å²) in [5, 5.41) is 0. The maximum atomic E-state index is 8.79. The van der Waals surface area contributed by atoms with E-state index in [9.17, 15) is 0 Å². The second-order valence-corrected chi connectivity index (χ2v) is 4.93. The average Bonchev–Trinajstić information content (AvgIpc) is 1.91. The standard InChI is InChI=1S/C7H13.H2O.Sn/c1-7-5-3-2-4-6-7;;/h7H,1-6H2;1H2;/q;;+1/p-1. The van der Waals surface area contributed by atoms with E-state index in [0.29, 0.717) is 0 Å². The molecule has 52 valence electrons. The molecule has 0 heterocycles. The van der Waals surface area contributed by atoms with Gasteiger partial charge in [0, 0.05) is 0 Å². The molecule has 1 nitrogen and oxygen atoms in total. The second kappa shape index (κ2) is 4.56. The summed E-state index contributed by atoms with van der Waals surface area (Å²) in [4.78, 5) is 0. The third-order valence-corrected chi connectivity index (χ3v) is 4.27. The summed E-state index contributed by atoms with van der Waals surface area (Å²) in [5.74, 6) is 0.926. The summed E-state index contributed by atoms with van der Waals surface area (Å²) < 4.78 is 10.0. The first-order valence-electron chi connectivity index (χ1n) is 3.80. The molecule has 1 rings (SSSR count). The van der Waals surface area contributed by atoms with Crippen molar-refractivity contribution in [2.75, 3.05) is 0 Å². The summed E-state index contributed by atoms with van der Waals surface area (Å²) in [5.41, 5.74) is 0. The molecule has 2 heteroatoms. The van der Waals surface area contributed by atoms with E-state index in [-0.39, 0.29) is 0 Å². The molecule has 0 unspecified atom stereocenters. The molecular formula is C7H14OSn. The van der Waals surface area contributed by atoms with Crippen LogP contribution >= 0.6 is 0 Å². The van der Waals surface area contributed by atoms with Crippen molar-refractivity contribution in [2.24, 2.45) is 5.92 Å². The van der Waals surface area contributed by atoms with Crippen LogP contribution in [0.1, 0.15) is 32.1 Å². The van der Waals surface area contributed by atoms with E-state index in [1.165, 1.54) is 36.5 Å². The van der Waals surface area contributed by atoms with Crippen molar-refractivity contribution in [3.8, 4) is 0 Å². The fraction of sp³-hybridized carbons (Fsp3) is 1.00. The normalized spacial score (nSPS) is 22.3. The summed E-state index contributed by atoms with van der Waals surface area (Å²) in [6.07, 6.45) is 7.09. The minimum atomic E-state index is -0.860. The van der Waals surface area contributed by atoms with Crippen LogP contribution in [-0.4, -0.2) is 25.0 Å². The van der Waals surface area contributed by atoms with Crippen molar-refractivity contribution in [2.45, 2.75) is 36.5 Å². The summed E-state index contributed by atoms with van der Waals surface area (Å²) in [6.45, 7) is 0. The molecule has 0 aromatic rings. The average molecular weight is 233 g/mol. The van der Waals surface area contributed by atoms with Crippen LogP contribution in [0.25, 0.3) is 0 Å². The van der Waals surface area contributed by atoms with Gasteiger partial charge in [0.05, 0.1) is 0 Å². The molecule has 2 radical (unpaired) electrons. The third-order valence-electron chi connectivity index (χ3n) is 2.10. The van der Waals surface area contributed by atoms with Gasteiger partial charge in [0.25, 0.3) is 0 Å². The molecule has 0 amide bonds. The fourth-order valence-electron chi connectivity index (χ4n) is 1.52. The van der Waals surface area contributed by atoms with Crippen molar-refractivity contribution in [3.05, 3.63) is 0 Å². The Morgan fingerprint density at radius 2 is 1.89 bits per heavy atom. The number of rotatable bonds is 2. The zero-order valence-electron chi connectivity index (χ0n) is 5.77. The third kappa shape index (κ3) is 2.89. The topological polar surface area (TPSA) is 20.2 Å². The molecule has 1 aliphatic carbocycles. The van der Waals surface area contributed by atoms with Gasteiger partial charge >= 0.3 is 67.5 Å². The fourth-order valence-corrected chi connectivity index (χ4v) is 3.42. The van der Waals surface area contributed by atoms with Crippen molar-refractivity contribution < 1.29 is 3.44 Å². The Labute approximate surface area is 67.6 Å². The van der Waals surface area contributed by atoms with Crippen LogP contribution in [0.3, 0.4) is 0 Å². The van der Waals surface area contributed by atoms with Crippen molar-refractivity contribution in [1.29, 1.82) is 0 Å². The van der Waals surface area contributed by atoms with E-state index in [0.717, 1.165) is 5.92 Å². The van der Waals surface area contributed by atoms with Gasteiger partial charge in [-0.3, -0.25) is 0 Å². The molecule has 0 aromatic carbocycles. The van der Waals surface area contributed by atoms with Crippen LogP contribution < -0.4 is 0 Å². The van der Waals surface area contributed by atoms with E-state index in [1.807, 2.05) is 0 Å². The van der Waals surface area contributed by atoms with Crippen molar-refractivity contribution in [1.82, 2.24) is 0 Å². The first-order valence-corrected chi connectivity index (χ1v) is 7.10. The van der Waals surface area contributed by atoms with Gasteiger partial charge in [-0.1, -0.05) is 0 Å².